The van der Waals surface area contributed by atoms with Gasteiger partial charge in [0.25, 0.3) is 0 Å². The number of carbonyl (C=O) groups excluding carboxylic acids is 3. The molecule has 5 rings (SSSR count). The summed E-state index contributed by atoms with van der Waals surface area (Å²) in [6, 6.07) is 5.13. The molecule has 3 saturated carbocycles. The lowest BCUT2D eigenvalue weighted by Gasteiger charge is -2.64. The molecule has 1 amide bonds. The Morgan fingerprint density at radius 2 is 1.87 bits per heavy atom. The first-order valence-electron chi connectivity index (χ1n) is 13.3. The van der Waals surface area contributed by atoms with E-state index in [0.29, 0.717) is 29.6 Å². The number of methoxy groups -OCH3 is 1. The molecule has 9 nitrogen and oxygen atoms in total. The fourth-order valence-corrected chi connectivity index (χ4v) is 6.36. The normalized spacial score (nSPS) is 28.0. The molecule has 1 N–H and O–H groups in total. The van der Waals surface area contributed by atoms with Gasteiger partial charge < -0.3 is 28.8 Å². The Bertz CT molecular complexity index is 1100. The monoisotopic (exact) mass is 529 g/mol. The van der Waals surface area contributed by atoms with E-state index in [2.05, 4.69) is 26.1 Å². The molecular weight excluding hydrogens is 489 g/mol. The summed E-state index contributed by atoms with van der Waals surface area (Å²) in [5.74, 6) is -0.546. The topological polar surface area (TPSA) is 109 Å². The number of rotatable bonds is 8. The number of amides is 1. The van der Waals surface area contributed by atoms with E-state index in [9.17, 15) is 14.4 Å². The van der Waals surface area contributed by atoms with E-state index < -0.39 is 42.8 Å². The van der Waals surface area contributed by atoms with Crippen LogP contribution in [0.25, 0.3) is 0 Å². The average molecular weight is 529 g/mol. The molecule has 1 saturated heterocycles. The van der Waals surface area contributed by atoms with Crippen molar-refractivity contribution in [2.45, 2.75) is 85.4 Å². The third-order valence-corrected chi connectivity index (χ3v) is 8.64. The van der Waals surface area contributed by atoms with Crippen molar-refractivity contribution in [3.8, 4) is 5.75 Å². The molecule has 0 radical (unpaired) electrons. The summed E-state index contributed by atoms with van der Waals surface area (Å²) in [6.45, 7) is 12.8. The third-order valence-electron chi connectivity index (χ3n) is 8.64. The van der Waals surface area contributed by atoms with Crippen LogP contribution in [-0.2, 0) is 34.8 Å². The Morgan fingerprint density at radius 1 is 1.16 bits per heavy atom. The lowest BCUT2D eigenvalue weighted by Crippen LogP contribution is -2.65. The fraction of sp³-hybridized carbons (Fsp3) is 0.679. The van der Waals surface area contributed by atoms with Crippen LogP contribution in [0.4, 0.5) is 0 Å². The van der Waals surface area contributed by atoms with Gasteiger partial charge in [0, 0.05) is 6.92 Å². The number of carbonyl (C=O) groups is 3. The molecule has 38 heavy (non-hydrogen) atoms. The minimum Gasteiger partial charge on any atom is -0.496 e. The Labute approximate surface area is 225 Å². The van der Waals surface area contributed by atoms with Crippen LogP contribution >= 0.6 is 0 Å². The average Bonchev–Trinajstić information content (AvgIpc) is 3.19. The number of hydrogen-bond acceptors (Lipinski definition) is 8. The molecule has 2 bridgehead atoms. The number of benzene rings is 1. The van der Waals surface area contributed by atoms with E-state index in [1.54, 1.807) is 32.9 Å². The minimum atomic E-state index is -0.710. The highest BCUT2D eigenvalue weighted by atomic mass is 16.7. The number of nitrogens with one attached hydrogen (secondary N) is 1. The highest BCUT2D eigenvalue weighted by Crippen LogP contribution is 2.65. The largest absolute Gasteiger partial charge is 0.496 e. The number of ether oxygens (including phenoxy) is 3. The van der Waals surface area contributed by atoms with Crippen LogP contribution in [0.5, 0.6) is 5.75 Å². The maximum atomic E-state index is 12.8. The Balaban J connectivity index is 1.50. The predicted molar refractivity (Wildman–Crippen MR) is 140 cm³/mol. The van der Waals surface area contributed by atoms with Crippen molar-refractivity contribution in [1.29, 1.82) is 0 Å². The zero-order valence-corrected chi connectivity index (χ0v) is 23.7. The highest BCUT2D eigenvalue weighted by Gasteiger charge is 2.68. The first kappa shape index (κ1) is 28.4. The molecule has 5 unspecified atom stereocenters. The van der Waals surface area contributed by atoms with Crippen LogP contribution in [0.2, 0.25) is 0 Å². The van der Waals surface area contributed by atoms with Crippen molar-refractivity contribution in [3.05, 3.63) is 29.3 Å². The van der Waals surface area contributed by atoms with Gasteiger partial charge in [-0.3, -0.25) is 9.59 Å². The summed E-state index contributed by atoms with van der Waals surface area (Å²) >= 11 is 0. The number of hydrogen-bond donors (Lipinski definition) is 1. The summed E-state index contributed by atoms with van der Waals surface area (Å²) in [6.07, 6.45) is 2.35. The Morgan fingerprint density at radius 3 is 2.47 bits per heavy atom. The number of para-hydroxylation sites is 1. The summed E-state index contributed by atoms with van der Waals surface area (Å²) in [5.41, 5.74) is -0.0526. The number of esters is 2. The van der Waals surface area contributed by atoms with Crippen LogP contribution in [0.3, 0.4) is 0 Å². The van der Waals surface area contributed by atoms with Gasteiger partial charge >= 0.3 is 19.1 Å². The first-order chi connectivity index (χ1) is 17.7. The van der Waals surface area contributed by atoms with E-state index in [4.69, 9.17) is 23.5 Å². The molecule has 4 fully saturated rings. The molecule has 5 atom stereocenters. The quantitative estimate of drug-likeness (QED) is 0.309. The molecule has 208 valence electrons. The van der Waals surface area contributed by atoms with Crippen molar-refractivity contribution in [1.82, 2.24) is 5.32 Å². The molecule has 4 aliphatic rings. The van der Waals surface area contributed by atoms with Gasteiger partial charge in [0.1, 0.15) is 11.3 Å². The SMILES string of the molecule is COc1c(CC(NC(C)=O)B2OC3CC4CC(C4(C)C)C3(C)O2)cccc1C(=O)OCOC(=O)C(C)(C)C. The fourth-order valence-electron chi connectivity index (χ4n) is 6.36. The van der Waals surface area contributed by atoms with Crippen LogP contribution in [-0.4, -0.2) is 56.5 Å². The van der Waals surface area contributed by atoms with Gasteiger partial charge in [-0.2, -0.15) is 0 Å². The van der Waals surface area contributed by atoms with Crippen molar-refractivity contribution >= 4 is 25.0 Å². The van der Waals surface area contributed by atoms with E-state index in [0.717, 1.165) is 12.8 Å². The maximum absolute atomic E-state index is 12.8. The van der Waals surface area contributed by atoms with Gasteiger partial charge in [0.2, 0.25) is 12.7 Å². The minimum absolute atomic E-state index is 0.0282. The van der Waals surface area contributed by atoms with Gasteiger partial charge in [-0.25, -0.2) is 4.79 Å². The molecule has 10 heteroatoms. The maximum Gasteiger partial charge on any atom is 0.482 e. The van der Waals surface area contributed by atoms with Crippen LogP contribution in [0.1, 0.15) is 77.2 Å². The lowest BCUT2D eigenvalue weighted by atomic mass is 9.43. The molecule has 1 aromatic rings. The molecule has 1 aliphatic heterocycles. The Hall–Kier alpha value is -2.59. The van der Waals surface area contributed by atoms with E-state index in [1.165, 1.54) is 14.0 Å². The lowest BCUT2D eigenvalue weighted by molar-refractivity contribution is -0.199. The third kappa shape index (κ3) is 5.17. The molecular formula is C28H40BNO8. The van der Waals surface area contributed by atoms with Gasteiger partial charge in [-0.05, 0) is 75.8 Å². The van der Waals surface area contributed by atoms with Crippen molar-refractivity contribution in [3.63, 3.8) is 0 Å². The molecule has 1 aromatic carbocycles. The predicted octanol–water partition coefficient (Wildman–Crippen LogP) is 3.71. The highest BCUT2D eigenvalue weighted by molar-refractivity contribution is 6.48. The van der Waals surface area contributed by atoms with Gasteiger partial charge in [-0.1, -0.05) is 26.0 Å². The van der Waals surface area contributed by atoms with Crippen LogP contribution < -0.4 is 10.1 Å². The summed E-state index contributed by atoms with van der Waals surface area (Å²) < 4.78 is 28.9. The second-order valence-corrected chi connectivity index (χ2v) is 12.6. The van der Waals surface area contributed by atoms with Crippen molar-refractivity contribution in [2.24, 2.45) is 22.7 Å². The molecule has 0 aromatic heterocycles. The molecule has 3 aliphatic carbocycles. The van der Waals surface area contributed by atoms with Crippen molar-refractivity contribution in [2.75, 3.05) is 13.9 Å². The summed E-state index contributed by atoms with van der Waals surface area (Å²) in [7, 11) is 0.831. The standard InChI is InChI=1S/C28H40BNO8/c1-16(31)30-22(29-37-21-14-18-13-20(27(18,5)6)28(21,7)38-29)12-17-10-9-11-19(23(17)34-8)24(32)35-15-36-25(33)26(2,3)4/h9-11,18,20-22H,12-15H2,1-8H3,(H,30,31). The summed E-state index contributed by atoms with van der Waals surface area (Å²) in [4.78, 5) is 37.0. The van der Waals surface area contributed by atoms with E-state index >= 15 is 0 Å². The molecule has 0 spiro atoms. The van der Waals surface area contributed by atoms with Crippen molar-refractivity contribution < 1.29 is 37.9 Å². The van der Waals surface area contributed by atoms with E-state index in [1.807, 2.05) is 6.07 Å². The van der Waals surface area contributed by atoms with Crippen LogP contribution in [0.15, 0.2) is 18.2 Å². The van der Waals surface area contributed by atoms with Gasteiger partial charge in [0.05, 0.1) is 30.2 Å². The zero-order valence-electron chi connectivity index (χ0n) is 23.7. The van der Waals surface area contributed by atoms with Gasteiger partial charge in [-0.15, -0.1) is 0 Å². The van der Waals surface area contributed by atoms with E-state index in [-0.39, 0.29) is 23.0 Å². The Kier molecular flexibility index (Phi) is 7.62. The zero-order chi connectivity index (χ0) is 28.0. The second kappa shape index (κ2) is 10.2. The van der Waals surface area contributed by atoms with Gasteiger partial charge in [0.15, 0.2) is 0 Å². The first-order valence-corrected chi connectivity index (χ1v) is 13.3. The molecule has 1 heterocycles. The van der Waals surface area contributed by atoms with Crippen LogP contribution in [0, 0.1) is 22.7 Å². The summed E-state index contributed by atoms with van der Waals surface area (Å²) in [5, 5.41) is 2.99. The second-order valence-electron chi connectivity index (χ2n) is 12.6. The smallest absolute Gasteiger partial charge is 0.482 e.